The molecule has 4 heterocycles. The number of nitrogens with zero attached hydrogens (tertiary/aromatic N) is 5. The van der Waals surface area contributed by atoms with Crippen LogP contribution in [0.3, 0.4) is 0 Å². The zero-order valence-electron chi connectivity index (χ0n) is 15.7. The van der Waals surface area contributed by atoms with E-state index >= 15 is 0 Å². The highest BCUT2D eigenvalue weighted by Gasteiger charge is 2.28. The Morgan fingerprint density at radius 3 is 2.69 bits per heavy atom. The quantitative estimate of drug-likeness (QED) is 0.488. The first-order valence-corrected chi connectivity index (χ1v) is 9.66. The number of aliphatic hydroxyl groups excluding tert-OH is 1. The number of hydrogen-bond acceptors (Lipinski definition) is 6. The highest BCUT2D eigenvalue weighted by atomic mass is 16.3. The third kappa shape index (κ3) is 3.19. The molecule has 0 bridgehead atoms. The van der Waals surface area contributed by atoms with Crippen LogP contribution in [0.4, 0.5) is 5.95 Å². The monoisotopic (exact) mass is 391 g/mol. The minimum absolute atomic E-state index is 0.114. The first-order chi connectivity index (χ1) is 14.2. The zero-order chi connectivity index (χ0) is 19.8. The van der Waals surface area contributed by atoms with Crippen LogP contribution in [-0.4, -0.2) is 47.9 Å². The van der Waals surface area contributed by atoms with E-state index in [-0.39, 0.29) is 11.5 Å². The largest absolute Gasteiger partial charge is 0.385 e. The van der Waals surface area contributed by atoms with Crippen LogP contribution in [-0.2, 0) is 0 Å². The summed E-state index contributed by atoms with van der Waals surface area (Å²) >= 11 is 0. The summed E-state index contributed by atoms with van der Waals surface area (Å²) in [6.07, 6.45) is 5.86. The van der Waals surface area contributed by atoms with Gasteiger partial charge in [0.2, 0.25) is 5.95 Å². The van der Waals surface area contributed by atoms with E-state index in [1.807, 2.05) is 30.3 Å². The summed E-state index contributed by atoms with van der Waals surface area (Å²) in [6, 6.07) is 9.63. The van der Waals surface area contributed by atoms with Crippen molar-refractivity contribution in [1.29, 1.82) is 0 Å². The number of fused-ring (bicyclic) bond motifs is 1. The molecule has 0 saturated carbocycles. The maximum atomic E-state index is 12.6. The summed E-state index contributed by atoms with van der Waals surface area (Å²) in [4.78, 5) is 29.4. The van der Waals surface area contributed by atoms with E-state index in [9.17, 15) is 9.90 Å². The lowest BCUT2D eigenvalue weighted by atomic mass is 9.91. The molecule has 1 saturated heterocycles. The van der Waals surface area contributed by atoms with Crippen LogP contribution < -0.4 is 10.5 Å². The van der Waals surface area contributed by atoms with Crippen LogP contribution in [0.15, 0.2) is 53.7 Å². The lowest BCUT2D eigenvalue weighted by Crippen LogP contribution is -2.37. The third-order valence-electron chi connectivity index (χ3n) is 5.51. The van der Waals surface area contributed by atoms with Gasteiger partial charge in [-0.15, -0.1) is 0 Å². The first-order valence-electron chi connectivity index (χ1n) is 9.66. The minimum Gasteiger partial charge on any atom is -0.385 e. The van der Waals surface area contributed by atoms with Crippen molar-refractivity contribution in [1.82, 2.24) is 29.7 Å². The highest BCUT2D eigenvalue weighted by Crippen LogP contribution is 2.30. The predicted molar refractivity (Wildman–Crippen MR) is 108 cm³/mol. The summed E-state index contributed by atoms with van der Waals surface area (Å²) in [7, 11) is 0. The van der Waals surface area contributed by atoms with Gasteiger partial charge in [-0.05, 0) is 30.9 Å². The number of imidazole rings is 1. The Balaban J connectivity index is 1.41. The second kappa shape index (κ2) is 7.17. The average molecular weight is 391 g/mol. The summed E-state index contributed by atoms with van der Waals surface area (Å²) in [5, 5.41) is 15.3. The van der Waals surface area contributed by atoms with E-state index < -0.39 is 6.10 Å². The molecule has 1 aliphatic rings. The number of hydrogen-bond donors (Lipinski definition) is 3. The van der Waals surface area contributed by atoms with E-state index in [4.69, 9.17) is 4.98 Å². The van der Waals surface area contributed by atoms with Crippen molar-refractivity contribution in [2.45, 2.75) is 18.9 Å². The molecule has 1 unspecified atom stereocenters. The van der Waals surface area contributed by atoms with Gasteiger partial charge in [-0.2, -0.15) is 10.1 Å². The van der Waals surface area contributed by atoms with Crippen LogP contribution in [0.5, 0.6) is 0 Å². The lowest BCUT2D eigenvalue weighted by molar-refractivity contribution is 0.0855. The number of aliphatic hydroxyl groups is 1. The molecular formula is C20H21N7O2. The normalized spacial score (nSPS) is 16.4. The molecule has 4 aromatic rings. The molecule has 3 aromatic heterocycles. The molecule has 0 aliphatic carbocycles. The van der Waals surface area contributed by atoms with Gasteiger partial charge < -0.3 is 15.0 Å². The van der Waals surface area contributed by atoms with Crippen molar-refractivity contribution in [3.05, 3.63) is 65.1 Å². The van der Waals surface area contributed by atoms with Crippen LogP contribution in [0.25, 0.3) is 16.7 Å². The van der Waals surface area contributed by atoms with Gasteiger partial charge in [0, 0.05) is 25.5 Å². The van der Waals surface area contributed by atoms with Gasteiger partial charge in [-0.1, -0.05) is 18.2 Å². The van der Waals surface area contributed by atoms with E-state index in [1.54, 1.807) is 23.3 Å². The van der Waals surface area contributed by atoms with Crippen molar-refractivity contribution < 1.29 is 5.11 Å². The van der Waals surface area contributed by atoms with Crippen molar-refractivity contribution in [2.24, 2.45) is 5.92 Å². The van der Waals surface area contributed by atoms with Gasteiger partial charge in [0.25, 0.3) is 5.56 Å². The number of aromatic amines is 2. The molecular weight excluding hydrogens is 370 g/mol. The molecule has 1 aromatic carbocycles. The Hall–Kier alpha value is -3.46. The van der Waals surface area contributed by atoms with Crippen molar-refractivity contribution in [2.75, 3.05) is 18.0 Å². The molecule has 3 N–H and O–H groups in total. The molecule has 0 radical (unpaired) electrons. The van der Waals surface area contributed by atoms with Crippen LogP contribution >= 0.6 is 0 Å². The number of nitrogens with one attached hydrogen (secondary N) is 2. The fourth-order valence-electron chi connectivity index (χ4n) is 3.90. The van der Waals surface area contributed by atoms with Gasteiger partial charge in [0.05, 0.1) is 11.9 Å². The zero-order valence-corrected chi connectivity index (χ0v) is 15.7. The Labute approximate surface area is 166 Å². The van der Waals surface area contributed by atoms with Gasteiger partial charge >= 0.3 is 0 Å². The van der Waals surface area contributed by atoms with Crippen LogP contribution in [0.1, 0.15) is 24.8 Å². The predicted octanol–water partition coefficient (Wildman–Crippen LogP) is 1.78. The number of rotatable bonds is 4. The Morgan fingerprint density at radius 2 is 1.97 bits per heavy atom. The number of H-pyrrole nitrogens is 2. The Morgan fingerprint density at radius 1 is 1.17 bits per heavy atom. The number of benzene rings is 1. The molecule has 5 rings (SSSR count). The van der Waals surface area contributed by atoms with Crippen molar-refractivity contribution >= 4 is 17.0 Å². The summed E-state index contributed by atoms with van der Waals surface area (Å²) in [5.41, 5.74) is 1.18. The summed E-state index contributed by atoms with van der Waals surface area (Å²) in [5.74, 6) is 1.25. The van der Waals surface area contributed by atoms with E-state index in [1.165, 1.54) is 0 Å². The number of anilines is 1. The van der Waals surface area contributed by atoms with E-state index in [0.29, 0.717) is 35.9 Å². The molecule has 1 atom stereocenters. The number of aromatic nitrogens is 6. The molecule has 9 heteroatoms. The molecule has 0 spiro atoms. The molecule has 29 heavy (non-hydrogen) atoms. The maximum Gasteiger partial charge on any atom is 0.263 e. The topological polar surface area (TPSA) is 116 Å². The molecule has 1 fully saturated rings. The average Bonchev–Trinajstić information content (AvgIpc) is 3.44. The SMILES string of the molecule is O=c1[nH]c(N2CCC(C(O)c3ncc[nH]3)CC2)nc2c1cnn2-c1ccccc1. The Kier molecular flexibility index (Phi) is 4.36. The lowest BCUT2D eigenvalue weighted by Gasteiger charge is -2.33. The van der Waals surface area contributed by atoms with Gasteiger partial charge in [-0.25, -0.2) is 9.67 Å². The minimum atomic E-state index is -0.610. The van der Waals surface area contributed by atoms with Gasteiger partial charge in [0.15, 0.2) is 5.65 Å². The number of para-hydroxylation sites is 1. The fraction of sp³-hybridized carbons (Fsp3) is 0.300. The Bertz CT molecular complexity index is 1160. The second-order valence-corrected chi connectivity index (χ2v) is 7.26. The molecule has 0 amide bonds. The number of piperidine rings is 1. The summed E-state index contributed by atoms with van der Waals surface area (Å²) in [6.45, 7) is 1.38. The van der Waals surface area contributed by atoms with Crippen molar-refractivity contribution in [3.63, 3.8) is 0 Å². The highest BCUT2D eigenvalue weighted by molar-refractivity contribution is 5.76. The summed E-state index contributed by atoms with van der Waals surface area (Å²) < 4.78 is 1.68. The maximum absolute atomic E-state index is 12.6. The van der Waals surface area contributed by atoms with Gasteiger partial charge in [-0.3, -0.25) is 9.78 Å². The standard InChI is InChI=1S/C20H21N7O2/c28-16(17-21-8-9-22-17)13-6-10-26(11-7-13)20-24-18-15(19(29)25-20)12-23-27(18)14-4-2-1-3-5-14/h1-5,8-9,12-13,16,28H,6-7,10-11H2,(H,21,22)(H,24,25,29). The van der Waals surface area contributed by atoms with Crippen LogP contribution in [0, 0.1) is 5.92 Å². The molecule has 9 nitrogen and oxygen atoms in total. The smallest absolute Gasteiger partial charge is 0.263 e. The fourth-order valence-corrected chi connectivity index (χ4v) is 3.90. The molecule has 1 aliphatic heterocycles. The molecule has 148 valence electrons. The van der Waals surface area contributed by atoms with Crippen molar-refractivity contribution in [3.8, 4) is 5.69 Å². The first kappa shape index (κ1) is 17.6. The van der Waals surface area contributed by atoms with Gasteiger partial charge in [0.1, 0.15) is 17.3 Å². The second-order valence-electron chi connectivity index (χ2n) is 7.26. The third-order valence-corrected chi connectivity index (χ3v) is 5.51. The van der Waals surface area contributed by atoms with Crippen LogP contribution in [0.2, 0.25) is 0 Å². The van der Waals surface area contributed by atoms with E-state index in [2.05, 4.69) is 25.0 Å². The van der Waals surface area contributed by atoms with E-state index in [0.717, 1.165) is 18.5 Å².